The van der Waals surface area contributed by atoms with Crippen molar-refractivity contribution in [2.75, 3.05) is 0 Å². The van der Waals surface area contributed by atoms with Crippen LogP contribution in [0.5, 0.6) is 5.75 Å². The van der Waals surface area contributed by atoms with E-state index in [1.54, 1.807) is 18.2 Å². The number of carbonyl (C=O) groups is 2. The molecule has 1 atom stereocenters. The number of nitrogens with zero attached hydrogens (tertiary/aromatic N) is 1. The molecule has 164 valence electrons. The summed E-state index contributed by atoms with van der Waals surface area (Å²) in [6, 6.07) is 16.8. The maximum absolute atomic E-state index is 13.0. The molecule has 0 aliphatic carbocycles. The maximum atomic E-state index is 13.0. The third-order valence-corrected chi connectivity index (χ3v) is 6.93. The lowest BCUT2D eigenvalue weighted by Crippen LogP contribution is -2.36. The van der Waals surface area contributed by atoms with Gasteiger partial charge in [0.25, 0.3) is 11.1 Å². The molecule has 1 aliphatic rings. The average molecular weight is 486 g/mol. The van der Waals surface area contributed by atoms with Crippen LogP contribution in [0.4, 0.5) is 4.79 Å². The topological polar surface area (TPSA) is 46.6 Å². The lowest BCUT2D eigenvalue weighted by Gasteiger charge is -2.19. The first-order valence-electron chi connectivity index (χ1n) is 10.2. The number of halogens is 2. The Morgan fingerprint density at radius 3 is 2.62 bits per heavy atom. The van der Waals surface area contributed by atoms with Crippen LogP contribution in [0.25, 0.3) is 16.8 Å². The van der Waals surface area contributed by atoms with E-state index in [0.29, 0.717) is 27.1 Å². The molecule has 4 rings (SSSR count). The highest BCUT2D eigenvalue weighted by atomic mass is 35.5. The number of amides is 2. The van der Waals surface area contributed by atoms with E-state index in [1.165, 1.54) is 4.90 Å². The molecule has 2 amide bonds. The highest BCUT2D eigenvalue weighted by Gasteiger charge is 2.37. The highest BCUT2D eigenvalue weighted by molar-refractivity contribution is 8.18. The van der Waals surface area contributed by atoms with Crippen molar-refractivity contribution in [1.29, 1.82) is 0 Å². The number of fused-ring (bicyclic) bond motifs is 1. The summed E-state index contributed by atoms with van der Waals surface area (Å²) < 4.78 is 6.13. The van der Waals surface area contributed by atoms with E-state index in [9.17, 15) is 9.59 Å². The molecule has 0 radical (unpaired) electrons. The summed E-state index contributed by atoms with van der Waals surface area (Å²) in [4.78, 5) is 27.2. The van der Waals surface area contributed by atoms with E-state index in [4.69, 9.17) is 27.9 Å². The number of hydrogen-bond acceptors (Lipinski definition) is 4. The zero-order chi connectivity index (χ0) is 22.8. The van der Waals surface area contributed by atoms with Gasteiger partial charge in [-0.3, -0.25) is 14.5 Å². The number of ether oxygens (including phenoxy) is 1. The Morgan fingerprint density at radius 2 is 1.88 bits per heavy atom. The monoisotopic (exact) mass is 485 g/mol. The molecule has 0 saturated carbocycles. The summed E-state index contributed by atoms with van der Waals surface area (Å²) in [5.74, 6) is 0.332. The van der Waals surface area contributed by atoms with Gasteiger partial charge in [-0.1, -0.05) is 66.5 Å². The second-order valence-electron chi connectivity index (χ2n) is 7.53. The van der Waals surface area contributed by atoms with Crippen molar-refractivity contribution in [3.05, 3.63) is 80.7 Å². The van der Waals surface area contributed by atoms with Gasteiger partial charge in [0.1, 0.15) is 12.4 Å². The maximum Gasteiger partial charge on any atom is 0.293 e. The lowest BCUT2D eigenvalue weighted by atomic mass is 10.0. The van der Waals surface area contributed by atoms with Crippen molar-refractivity contribution < 1.29 is 14.3 Å². The molecule has 1 saturated heterocycles. The Morgan fingerprint density at radius 1 is 1.09 bits per heavy atom. The fraction of sp³-hybridized carbons (Fsp3) is 0.200. The molecule has 32 heavy (non-hydrogen) atoms. The van der Waals surface area contributed by atoms with E-state index >= 15 is 0 Å². The third kappa shape index (κ3) is 4.51. The van der Waals surface area contributed by atoms with E-state index in [0.717, 1.165) is 33.7 Å². The van der Waals surface area contributed by atoms with Crippen molar-refractivity contribution in [1.82, 2.24) is 4.90 Å². The van der Waals surface area contributed by atoms with Crippen molar-refractivity contribution >= 4 is 63.0 Å². The molecular formula is C25H21Cl2NO3S. The molecular weight excluding hydrogens is 465 g/mol. The van der Waals surface area contributed by atoms with Crippen LogP contribution in [-0.4, -0.2) is 22.1 Å². The summed E-state index contributed by atoms with van der Waals surface area (Å²) in [5.41, 5.74) is 1.55. The quantitative estimate of drug-likeness (QED) is 0.337. The number of thioether (sulfide) groups is 1. The zero-order valence-corrected chi connectivity index (χ0v) is 19.9. The molecule has 0 unspecified atom stereocenters. The van der Waals surface area contributed by atoms with E-state index in [2.05, 4.69) is 0 Å². The fourth-order valence-electron chi connectivity index (χ4n) is 3.52. The highest BCUT2D eigenvalue weighted by Crippen LogP contribution is 2.38. The van der Waals surface area contributed by atoms with Gasteiger partial charge in [-0.25, -0.2) is 0 Å². The summed E-state index contributed by atoms with van der Waals surface area (Å²) >= 11 is 13.2. The van der Waals surface area contributed by atoms with E-state index < -0.39 is 0 Å². The third-order valence-electron chi connectivity index (χ3n) is 5.46. The van der Waals surface area contributed by atoms with Gasteiger partial charge in [0.05, 0.1) is 4.91 Å². The van der Waals surface area contributed by atoms with E-state index in [-0.39, 0.29) is 23.8 Å². The van der Waals surface area contributed by atoms with Crippen molar-refractivity contribution in [3.8, 4) is 5.75 Å². The summed E-state index contributed by atoms with van der Waals surface area (Å²) in [6.45, 7) is 4.07. The van der Waals surface area contributed by atoms with Gasteiger partial charge in [0, 0.05) is 27.2 Å². The summed E-state index contributed by atoms with van der Waals surface area (Å²) in [6.07, 6.45) is 2.46. The molecule has 0 aromatic heterocycles. The Hall–Kier alpha value is -2.47. The van der Waals surface area contributed by atoms with Crippen LogP contribution in [0.1, 0.15) is 31.4 Å². The smallest absolute Gasteiger partial charge is 0.293 e. The van der Waals surface area contributed by atoms with Crippen LogP contribution in [-0.2, 0) is 11.4 Å². The molecule has 1 fully saturated rings. The molecule has 3 aromatic rings. The Balaban J connectivity index is 1.73. The van der Waals surface area contributed by atoms with Gasteiger partial charge in [-0.2, -0.15) is 0 Å². The van der Waals surface area contributed by atoms with Crippen LogP contribution in [0, 0.1) is 0 Å². The number of imide groups is 1. The normalized spacial score (nSPS) is 16.2. The minimum Gasteiger partial charge on any atom is -0.488 e. The van der Waals surface area contributed by atoms with Crippen LogP contribution >= 0.6 is 35.0 Å². The average Bonchev–Trinajstić information content (AvgIpc) is 3.06. The second kappa shape index (κ2) is 9.57. The Labute approximate surface area is 201 Å². The van der Waals surface area contributed by atoms with Crippen molar-refractivity contribution in [2.45, 2.75) is 32.9 Å². The van der Waals surface area contributed by atoms with Gasteiger partial charge >= 0.3 is 0 Å². The van der Waals surface area contributed by atoms with Gasteiger partial charge in [0.15, 0.2) is 0 Å². The number of hydrogen-bond donors (Lipinski definition) is 0. The Kier molecular flexibility index (Phi) is 6.79. The van der Waals surface area contributed by atoms with Gasteiger partial charge in [0.2, 0.25) is 0 Å². The van der Waals surface area contributed by atoms with Crippen LogP contribution < -0.4 is 4.74 Å². The van der Waals surface area contributed by atoms with Crippen molar-refractivity contribution in [3.63, 3.8) is 0 Å². The van der Waals surface area contributed by atoms with Crippen LogP contribution in [0.2, 0.25) is 10.0 Å². The predicted octanol–water partition coefficient (Wildman–Crippen LogP) is 7.56. The summed E-state index contributed by atoms with van der Waals surface area (Å²) in [5, 5.41) is 2.78. The van der Waals surface area contributed by atoms with Gasteiger partial charge in [-0.05, 0) is 60.2 Å². The number of benzene rings is 3. The molecule has 0 N–H and O–H groups in total. The molecule has 3 aromatic carbocycles. The first-order valence-corrected chi connectivity index (χ1v) is 11.8. The minimum atomic E-state index is -0.269. The van der Waals surface area contributed by atoms with Crippen LogP contribution in [0.15, 0.2) is 59.5 Å². The molecule has 1 aliphatic heterocycles. The molecule has 0 spiro atoms. The first kappa shape index (κ1) is 22.7. The van der Waals surface area contributed by atoms with Crippen molar-refractivity contribution in [2.24, 2.45) is 0 Å². The number of carbonyl (C=O) groups excluding carboxylic acids is 2. The zero-order valence-electron chi connectivity index (χ0n) is 17.6. The Bertz CT molecular complexity index is 1240. The lowest BCUT2D eigenvalue weighted by molar-refractivity contribution is -0.124. The molecule has 1 heterocycles. The molecule has 4 nitrogen and oxygen atoms in total. The number of rotatable bonds is 6. The van der Waals surface area contributed by atoms with Crippen LogP contribution in [0.3, 0.4) is 0 Å². The SMILES string of the molecule is CC[C@H](C)N1C(=O)S/C(=C/c2c(OCc3ccc(Cl)cc3Cl)ccc3ccccc23)C1=O. The fourth-order valence-corrected chi connectivity index (χ4v) is 4.89. The largest absolute Gasteiger partial charge is 0.488 e. The standard InChI is InChI=1S/C25H21Cl2NO3S/c1-3-15(2)28-24(29)23(32-25(28)30)13-20-19-7-5-4-6-16(19)9-11-22(20)31-14-17-8-10-18(26)12-21(17)27/h4-13,15H,3,14H2,1-2H3/b23-13+/t15-/m0/s1. The first-order chi connectivity index (χ1) is 15.4. The van der Waals surface area contributed by atoms with E-state index in [1.807, 2.05) is 56.3 Å². The van der Waals surface area contributed by atoms with Gasteiger partial charge in [-0.15, -0.1) is 0 Å². The second-order valence-corrected chi connectivity index (χ2v) is 9.37. The predicted molar refractivity (Wildman–Crippen MR) is 132 cm³/mol. The van der Waals surface area contributed by atoms with Gasteiger partial charge < -0.3 is 4.74 Å². The minimum absolute atomic E-state index is 0.149. The molecule has 7 heteroatoms. The summed E-state index contributed by atoms with van der Waals surface area (Å²) in [7, 11) is 0. The molecule has 0 bridgehead atoms.